The molecule has 1 aromatic heterocycles. The number of hydrogen-bond donors (Lipinski definition) is 1. The molecule has 2 nitrogen and oxygen atoms in total. The largest absolute Gasteiger partial charge is 0.320 e. The molecule has 3 heteroatoms. The standard InChI is InChI=1S/C13H17FN2/c14-12-9-16-8-7-11(12)13(15)10-5-3-1-2-4-6-10/h5,7-9,13H,1-4,6,15H2. The first-order chi connectivity index (χ1) is 7.79. The van der Waals surface area contributed by atoms with Crippen molar-refractivity contribution in [3.8, 4) is 0 Å². The molecule has 0 saturated carbocycles. The van der Waals surface area contributed by atoms with Crippen LogP contribution in [-0.2, 0) is 0 Å². The lowest BCUT2D eigenvalue weighted by molar-refractivity contribution is 0.586. The minimum absolute atomic E-state index is 0.305. The van der Waals surface area contributed by atoms with Crippen LogP contribution in [0.15, 0.2) is 30.1 Å². The first kappa shape index (κ1) is 11.3. The molecule has 1 aromatic rings. The topological polar surface area (TPSA) is 38.9 Å². The predicted octanol–water partition coefficient (Wildman–Crippen LogP) is 3.11. The van der Waals surface area contributed by atoms with Crippen LogP contribution >= 0.6 is 0 Å². The highest BCUT2D eigenvalue weighted by molar-refractivity contribution is 5.27. The lowest BCUT2D eigenvalue weighted by Crippen LogP contribution is -2.15. The molecule has 2 N–H and O–H groups in total. The van der Waals surface area contributed by atoms with E-state index < -0.39 is 0 Å². The summed E-state index contributed by atoms with van der Waals surface area (Å²) < 4.78 is 13.5. The maximum Gasteiger partial charge on any atom is 0.146 e. The van der Waals surface area contributed by atoms with Crippen molar-refractivity contribution in [2.45, 2.75) is 38.1 Å². The van der Waals surface area contributed by atoms with Crippen LogP contribution in [0.4, 0.5) is 4.39 Å². The number of aromatic nitrogens is 1. The third kappa shape index (κ3) is 2.47. The van der Waals surface area contributed by atoms with Gasteiger partial charge in [0, 0.05) is 11.8 Å². The second-order valence-electron chi connectivity index (χ2n) is 4.25. The maximum atomic E-state index is 13.5. The van der Waals surface area contributed by atoms with Crippen LogP contribution < -0.4 is 5.73 Å². The SMILES string of the molecule is NC(C1=CCCCCC1)c1ccncc1F. The van der Waals surface area contributed by atoms with Crippen molar-refractivity contribution in [3.63, 3.8) is 0 Å². The van der Waals surface area contributed by atoms with Crippen LogP contribution in [0, 0.1) is 5.82 Å². The number of halogens is 1. The summed E-state index contributed by atoms with van der Waals surface area (Å²) in [6.45, 7) is 0. The molecule has 1 aliphatic carbocycles. The molecular weight excluding hydrogens is 203 g/mol. The molecule has 0 saturated heterocycles. The zero-order valence-electron chi connectivity index (χ0n) is 9.32. The molecule has 0 radical (unpaired) electrons. The van der Waals surface area contributed by atoms with Crippen LogP contribution in [0.25, 0.3) is 0 Å². The molecule has 2 rings (SSSR count). The van der Waals surface area contributed by atoms with Gasteiger partial charge in [0.25, 0.3) is 0 Å². The number of rotatable bonds is 2. The second kappa shape index (κ2) is 5.21. The fourth-order valence-corrected chi connectivity index (χ4v) is 2.16. The number of allylic oxidation sites excluding steroid dienone is 1. The summed E-state index contributed by atoms with van der Waals surface area (Å²) in [6, 6.07) is 1.37. The molecule has 1 atom stereocenters. The van der Waals surface area contributed by atoms with Crippen LogP contribution in [0.2, 0.25) is 0 Å². The van der Waals surface area contributed by atoms with E-state index in [-0.39, 0.29) is 11.9 Å². The van der Waals surface area contributed by atoms with E-state index in [1.54, 1.807) is 12.3 Å². The molecule has 1 aliphatic rings. The molecule has 0 amide bonds. The molecule has 86 valence electrons. The van der Waals surface area contributed by atoms with E-state index in [4.69, 9.17) is 5.73 Å². The summed E-state index contributed by atoms with van der Waals surface area (Å²) in [5.41, 5.74) is 7.83. The van der Waals surface area contributed by atoms with Crippen molar-refractivity contribution in [1.82, 2.24) is 4.98 Å². The van der Waals surface area contributed by atoms with Gasteiger partial charge in [0.2, 0.25) is 0 Å². The quantitative estimate of drug-likeness (QED) is 0.778. The number of pyridine rings is 1. The van der Waals surface area contributed by atoms with Gasteiger partial charge >= 0.3 is 0 Å². The molecule has 0 fully saturated rings. The van der Waals surface area contributed by atoms with E-state index in [1.807, 2.05) is 0 Å². The Kier molecular flexibility index (Phi) is 3.67. The van der Waals surface area contributed by atoms with E-state index in [9.17, 15) is 4.39 Å². The van der Waals surface area contributed by atoms with Gasteiger partial charge in [-0.3, -0.25) is 4.98 Å². The third-order valence-electron chi connectivity index (χ3n) is 3.11. The molecule has 0 spiro atoms. The highest BCUT2D eigenvalue weighted by atomic mass is 19.1. The van der Waals surface area contributed by atoms with Gasteiger partial charge < -0.3 is 5.73 Å². The Morgan fingerprint density at radius 3 is 3.00 bits per heavy atom. The van der Waals surface area contributed by atoms with Gasteiger partial charge in [0.1, 0.15) is 5.82 Å². The number of hydrogen-bond acceptors (Lipinski definition) is 2. The molecule has 1 heterocycles. The van der Waals surface area contributed by atoms with Crippen molar-refractivity contribution < 1.29 is 4.39 Å². The molecular formula is C13H17FN2. The van der Waals surface area contributed by atoms with Crippen molar-refractivity contribution in [2.24, 2.45) is 5.73 Å². The van der Waals surface area contributed by atoms with Crippen molar-refractivity contribution in [2.75, 3.05) is 0 Å². The Bertz CT molecular complexity index is 387. The highest BCUT2D eigenvalue weighted by Gasteiger charge is 2.16. The summed E-state index contributed by atoms with van der Waals surface area (Å²) in [4.78, 5) is 3.74. The lowest BCUT2D eigenvalue weighted by Gasteiger charge is -2.16. The van der Waals surface area contributed by atoms with Gasteiger partial charge in [-0.2, -0.15) is 0 Å². The van der Waals surface area contributed by atoms with E-state index in [0.717, 1.165) is 19.3 Å². The Balaban J connectivity index is 2.21. The summed E-state index contributed by atoms with van der Waals surface area (Å²) in [5.74, 6) is -0.305. The van der Waals surface area contributed by atoms with Gasteiger partial charge in [-0.25, -0.2) is 4.39 Å². The van der Waals surface area contributed by atoms with Gasteiger partial charge in [-0.05, 0) is 31.7 Å². The normalized spacial score (nSPS) is 18.8. The van der Waals surface area contributed by atoms with Crippen LogP contribution in [0.1, 0.15) is 43.7 Å². The lowest BCUT2D eigenvalue weighted by atomic mass is 9.96. The molecule has 0 bridgehead atoms. The van der Waals surface area contributed by atoms with Gasteiger partial charge in [-0.15, -0.1) is 0 Å². The maximum absolute atomic E-state index is 13.5. The van der Waals surface area contributed by atoms with Gasteiger partial charge in [-0.1, -0.05) is 18.1 Å². The highest BCUT2D eigenvalue weighted by Crippen LogP contribution is 2.28. The zero-order valence-corrected chi connectivity index (χ0v) is 9.32. The third-order valence-corrected chi connectivity index (χ3v) is 3.11. The van der Waals surface area contributed by atoms with Gasteiger partial charge in [0.05, 0.1) is 12.2 Å². The second-order valence-corrected chi connectivity index (χ2v) is 4.25. The fraction of sp³-hybridized carbons (Fsp3) is 0.462. The first-order valence-electron chi connectivity index (χ1n) is 5.83. The summed E-state index contributed by atoms with van der Waals surface area (Å²) in [7, 11) is 0. The monoisotopic (exact) mass is 220 g/mol. The summed E-state index contributed by atoms with van der Waals surface area (Å²) >= 11 is 0. The zero-order chi connectivity index (χ0) is 11.4. The van der Waals surface area contributed by atoms with E-state index in [2.05, 4.69) is 11.1 Å². The average Bonchev–Trinajstić information content (AvgIpc) is 2.57. The Hall–Kier alpha value is -1.22. The fourth-order valence-electron chi connectivity index (χ4n) is 2.16. The smallest absolute Gasteiger partial charge is 0.146 e. The minimum atomic E-state index is -0.305. The summed E-state index contributed by atoms with van der Waals surface area (Å²) in [6.07, 6.45) is 10.7. The van der Waals surface area contributed by atoms with Crippen molar-refractivity contribution >= 4 is 0 Å². The number of nitrogens with two attached hydrogens (primary N) is 1. The van der Waals surface area contributed by atoms with E-state index in [0.29, 0.717) is 5.56 Å². The Morgan fingerprint density at radius 1 is 1.31 bits per heavy atom. The summed E-state index contributed by atoms with van der Waals surface area (Å²) in [5, 5.41) is 0. The van der Waals surface area contributed by atoms with Gasteiger partial charge in [0.15, 0.2) is 0 Å². The minimum Gasteiger partial charge on any atom is -0.320 e. The van der Waals surface area contributed by atoms with E-state index in [1.165, 1.54) is 24.6 Å². The van der Waals surface area contributed by atoms with Crippen molar-refractivity contribution in [1.29, 1.82) is 0 Å². The molecule has 0 aliphatic heterocycles. The molecule has 1 unspecified atom stereocenters. The van der Waals surface area contributed by atoms with E-state index >= 15 is 0 Å². The first-order valence-corrected chi connectivity index (χ1v) is 5.83. The van der Waals surface area contributed by atoms with Crippen LogP contribution in [0.5, 0.6) is 0 Å². The predicted molar refractivity (Wildman–Crippen MR) is 62.3 cm³/mol. The number of nitrogens with zero attached hydrogens (tertiary/aromatic N) is 1. The Morgan fingerprint density at radius 2 is 2.19 bits per heavy atom. The van der Waals surface area contributed by atoms with Crippen LogP contribution in [0.3, 0.4) is 0 Å². The van der Waals surface area contributed by atoms with Crippen molar-refractivity contribution in [3.05, 3.63) is 41.5 Å². The average molecular weight is 220 g/mol. The molecule has 16 heavy (non-hydrogen) atoms. The van der Waals surface area contributed by atoms with Crippen LogP contribution in [-0.4, -0.2) is 4.98 Å². The Labute approximate surface area is 95.4 Å². The molecule has 0 aromatic carbocycles.